The number of aromatic nitrogens is 2. The van der Waals surface area contributed by atoms with Crippen LogP contribution in [0.3, 0.4) is 0 Å². The van der Waals surface area contributed by atoms with Gasteiger partial charge in [0.1, 0.15) is 0 Å². The average molecular weight is 281 g/mol. The molecule has 0 bridgehead atoms. The molecule has 20 heavy (non-hydrogen) atoms. The van der Waals surface area contributed by atoms with Crippen molar-refractivity contribution in [2.24, 2.45) is 11.7 Å². The van der Waals surface area contributed by atoms with Gasteiger partial charge in [-0.3, -0.25) is 14.8 Å². The van der Waals surface area contributed by atoms with Crippen LogP contribution in [-0.2, 0) is 4.79 Å². The Morgan fingerprint density at radius 2 is 2.10 bits per heavy atom. The normalized spacial score (nSPS) is 13.0. The topological polar surface area (TPSA) is 87.0 Å². The van der Waals surface area contributed by atoms with E-state index in [9.17, 15) is 4.79 Å². The van der Waals surface area contributed by atoms with Crippen LogP contribution in [0.5, 0.6) is 0 Å². The monoisotopic (exact) mass is 281 g/mol. The molecule has 1 unspecified atom stereocenters. The Bertz CT molecular complexity index is 421. The molecule has 0 aromatic carbocycles. The predicted octanol–water partition coefficient (Wildman–Crippen LogP) is 1.27. The first-order valence-electron chi connectivity index (χ1n) is 7.06. The molecule has 0 aliphatic heterocycles. The van der Waals surface area contributed by atoms with Gasteiger partial charge in [-0.05, 0) is 39.8 Å². The van der Waals surface area contributed by atoms with Crippen molar-refractivity contribution < 1.29 is 4.79 Å². The second-order valence-corrected chi connectivity index (χ2v) is 5.79. The first kappa shape index (κ1) is 16.7. The van der Waals surface area contributed by atoms with Crippen molar-refractivity contribution in [2.75, 3.05) is 25.5 Å². The fourth-order valence-electron chi connectivity index (χ4n) is 1.94. The van der Waals surface area contributed by atoms with Crippen molar-refractivity contribution in [1.82, 2.24) is 15.1 Å². The Labute approximate surface area is 121 Å². The zero-order valence-corrected chi connectivity index (χ0v) is 13.2. The highest BCUT2D eigenvalue weighted by Gasteiger charge is 2.13. The van der Waals surface area contributed by atoms with Crippen LogP contribution in [0.4, 0.5) is 5.69 Å². The van der Waals surface area contributed by atoms with Crippen LogP contribution >= 0.6 is 0 Å². The van der Waals surface area contributed by atoms with Crippen LogP contribution in [0.2, 0.25) is 0 Å². The van der Waals surface area contributed by atoms with Crippen molar-refractivity contribution in [2.45, 2.75) is 40.2 Å². The van der Waals surface area contributed by atoms with Gasteiger partial charge in [-0.2, -0.15) is 5.10 Å². The number of aromatic amines is 1. The summed E-state index contributed by atoms with van der Waals surface area (Å²) in [6.07, 6.45) is 0.894. The summed E-state index contributed by atoms with van der Waals surface area (Å²) in [4.78, 5) is 14.0. The van der Waals surface area contributed by atoms with E-state index in [0.29, 0.717) is 12.5 Å². The fraction of sp³-hybridized carbons (Fsp3) is 0.714. The van der Waals surface area contributed by atoms with E-state index >= 15 is 0 Å². The molecule has 1 rings (SSSR count). The van der Waals surface area contributed by atoms with Gasteiger partial charge in [-0.15, -0.1) is 0 Å². The second kappa shape index (κ2) is 7.40. The Morgan fingerprint density at radius 3 is 2.60 bits per heavy atom. The fourth-order valence-corrected chi connectivity index (χ4v) is 1.94. The molecule has 4 N–H and O–H groups in total. The molecule has 1 aromatic rings. The Morgan fingerprint density at radius 1 is 1.45 bits per heavy atom. The van der Waals surface area contributed by atoms with Crippen molar-refractivity contribution >= 4 is 11.6 Å². The van der Waals surface area contributed by atoms with E-state index in [0.717, 1.165) is 30.0 Å². The first-order valence-corrected chi connectivity index (χ1v) is 7.06. The number of carbonyl (C=O) groups is 1. The summed E-state index contributed by atoms with van der Waals surface area (Å²) in [6, 6.07) is 0.180. The van der Waals surface area contributed by atoms with Crippen molar-refractivity contribution in [3.63, 3.8) is 0 Å². The third-order valence-electron chi connectivity index (χ3n) is 3.51. The zero-order valence-electron chi connectivity index (χ0n) is 13.2. The number of carbonyl (C=O) groups excluding carboxylic acids is 1. The molecule has 0 saturated carbocycles. The number of anilines is 1. The third-order valence-corrected chi connectivity index (χ3v) is 3.51. The molecule has 0 saturated heterocycles. The molecule has 0 aliphatic rings. The minimum atomic E-state index is -0.0294. The van der Waals surface area contributed by atoms with Gasteiger partial charge in [0.15, 0.2) is 0 Å². The summed E-state index contributed by atoms with van der Waals surface area (Å²) < 4.78 is 0. The summed E-state index contributed by atoms with van der Waals surface area (Å²) >= 11 is 0. The molecular formula is C14H27N5O. The quantitative estimate of drug-likeness (QED) is 0.702. The highest BCUT2D eigenvalue weighted by Crippen LogP contribution is 2.15. The van der Waals surface area contributed by atoms with Crippen molar-refractivity contribution in [3.05, 3.63) is 11.4 Å². The van der Waals surface area contributed by atoms with Crippen LogP contribution in [0.1, 0.15) is 31.7 Å². The van der Waals surface area contributed by atoms with Crippen LogP contribution in [0, 0.1) is 19.8 Å². The van der Waals surface area contributed by atoms with Crippen LogP contribution < -0.4 is 11.1 Å². The van der Waals surface area contributed by atoms with Gasteiger partial charge in [-0.25, -0.2) is 0 Å². The van der Waals surface area contributed by atoms with E-state index in [-0.39, 0.29) is 11.9 Å². The largest absolute Gasteiger partial charge is 0.327 e. The molecule has 6 nitrogen and oxygen atoms in total. The number of aryl methyl sites for hydroxylation is 2. The number of nitrogens with zero attached hydrogens (tertiary/aromatic N) is 2. The highest BCUT2D eigenvalue weighted by atomic mass is 16.2. The molecule has 114 valence electrons. The lowest BCUT2D eigenvalue weighted by Gasteiger charge is -2.20. The summed E-state index contributed by atoms with van der Waals surface area (Å²) in [6.45, 7) is 9.15. The van der Waals surface area contributed by atoms with Crippen molar-refractivity contribution in [1.29, 1.82) is 0 Å². The van der Waals surface area contributed by atoms with E-state index in [1.54, 1.807) is 0 Å². The van der Waals surface area contributed by atoms with Crippen LogP contribution in [0.25, 0.3) is 0 Å². The average Bonchev–Trinajstić information content (AvgIpc) is 2.67. The molecule has 1 atom stereocenters. The van der Waals surface area contributed by atoms with E-state index in [2.05, 4.69) is 29.4 Å². The first-order chi connectivity index (χ1) is 9.31. The number of rotatable bonds is 7. The number of amides is 1. The number of hydrogen-bond acceptors (Lipinski definition) is 4. The Kier molecular flexibility index (Phi) is 6.16. The zero-order chi connectivity index (χ0) is 15.3. The number of likely N-dealkylation sites (N-methyl/N-ethyl adjacent to an activating group) is 1. The van der Waals surface area contributed by atoms with E-state index in [1.165, 1.54) is 0 Å². The molecule has 0 radical (unpaired) electrons. The van der Waals surface area contributed by atoms with Crippen LogP contribution in [-0.4, -0.2) is 47.2 Å². The maximum atomic E-state index is 12.0. The lowest BCUT2D eigenvalue weighted by molar-refractivity contribution is -0.117. The lowest BCUT2D eigenvalue weighted by Crippen LogP contribution is -2.35. The number of nitrogens with two attached hydrogens (primary N) is 1. The number of H-pyrrole nitrogens is 1. The molecule has 1 aromatic heterocycles. The summed E-state index contributed by atoms with van der Waals surface area (Å²) in [5.74, 6) is 0.437. The SMILES string of the molecule is Cc1n[nH]c(C)c1NC(=O)CN(C)CCC(N)C(C)C. The Balaban J connectivity index is 2.39. The molecule has 0 aliphatic carbocycles. The third kappa shape index (κ3) is 4.94. The smallest absolute Gasteiger partial charge is 0.238 e. The standard InChI is InChI=1S/C14H27N5O/c1-9(2)12(15)6-7-19(5)8-13(20)16-14-10(3)17-18-11(14)4/h9,12H,6-8,15H2,1-5H3,(H,16,20)(H,17,18). The summed E-state index contributed by atoms with van der Waals surface area (Å²) in [7, 11) is 1.93. The molecule has 1 heterocycles. The molecule has 6 heteroatoms. The maximum absolute atomic E-state index is 12.0. The van der Waals surface area contributed by atoms with Crippen molar-refractivity contribution in [3.8, 4) is 0 Å². The minimum Gasteiger partial charge on any atom is -0.327 e. The van der Waals surface area contributed by atoms with Crippen LogP contribution in [0.15, 0.2) is 0 Å². The molecule has 0 fully saturated rings. The van der Waals surface area contributed by atoms with Gasteiger partial charge in [0, 0.05) is 6.04 Å². The van der Waals surface area contributed by atoms with E-state index in [4.69, 9.17) is 5.73 Å². The highest BCUT2D eigenvalue weighted by molar-refractivity contribution is 5.93. The van der Waals surface area contributed by atoms with Gasteiger partial charge < -0.3 is 11.1 Å². The van der Waals surface area contributed by atoms with E-state index < -0.39 is 0 Å². The van der Waals surface area contributed by atoms with Gasteiger partial charge in [-0.1, -0.05) is 13.8 Å². The lowest BCUT2D eigenvalue weighted by atomic mass is 10.0. The second-order valence-electron chi connectivity index (χ2n) is 5.79. The van der Waals surface area contributed by atoms with E-state index in [1.807, 2.05) is 25.8 Å². The summed E-state index contributed by atoms with van der Waals surface area (Å²) in [5, 5.41) is 9.80. The summed E-state index contributed by atoms with van der Waals surface area (Å²) in [5.41, 5.74) is 8.47. The Hall–Kier alpha value is -1.40. The number of nitrogens with one attached hydrogen (secondary N) is 2. The minimum absolute atomic E-state index is 0.0294. The van der Waals surface area contributed by atoms with Gasteiger partial charge >= 0.3 is 0 Å². The van der Waals surface area contributed by atoms with Gasteiger partial charge in [0.05, 0.1) is 23.6 Å². The van der Waals surface area contributed by atoms with Gasteiger partial charge in [0.2, 0.25) is 5.91 Å². The maximum Gasteiger partial charge on any atom is 0.238 e. The molecule has 0 spiro atoms. The number of hydrogen-bond donors (Lipinski definition) is 3. The molecular weight excluding hydrogens is 254 g/mol. The molecule has 1 amide bonds. The van der Waals surface area contributed by atoms with Gasteiger partial charge in [0.25, 0.3) is 0 Å². The predicted molar refractivity (Wildman–Crippen MR) is 81.6 cm³/mol.